The molecule has 0 fully saturated rings. The van der Waals surface area contributed by atoms with Crippen LogP contribution in [0.3, 0.4) is 0 Å². The van der Waals surface area contributed by atoms with E-state index in [0.29, 0.717) is 19.6 Å². The number of carbonyl (C=O) groups excluding carboxylic acids is 1. The fourth-order valence-electron chi connectivity index (χ4n) is 2.08. The van der Waals surface area contributed by atoms with Crippen molar-refractivity contribution in [3.63, 3.8) is 0 Å². The van der Waals surface area contributed by atoms with Gasteiger partial charge in [-0.25, -0.2) is 6.08 Å². The summed E-state index contributed by atoms with van der Waals surface area (Å²) in [5.41, 5.74) is 1.83. The molecule has 0 saturated carbocycles. The second kappa shape index (κ2) is 8.87. The first kappa shape index (κ1) is 18.6. The Hall–Kier alpha value is -0.446. The molecule has 0 spiro atoms. The maximum absolute atomic E-state index is 12.1. The number of alkyl halides is 1. The molecule has 1 unspecified atom stereocenters. The number of allylic oxidation sites excluding steroid dienone is 1. The Labute approximate surface area is 159 Å². The van der Waals surface area contributed by atoms with E-state index in [1.54, 1.807) is 11.0 Å². The monoisotopic (exact) mass is 423 g/mol. The van der Waals surface area contributed by atoms with Gasteiger partial charge in [-0.3, -0.25) is 4.79 Å². The van der Waals surface area contributed by atoms with Gasteiger partial charge in [0.05, 0.1) is 4.83 Å². The number of hydrogen-bond acceptors (Lipinski definition) is 2. The molecule has 1 aliphatic heterocycles. The average Bonchev–Trinajstić information content (AvgIpc) is 2.48. The van der Waals surface area contributed by atoms with Gasteiger partial charge in [0.2, 0.25) is 5.91 Å². The molecule has 0 N–H and O–H groups in total. The molecule has 1 aromatic carbocycles. The van der Waals surface area contributed by atoms with Crippen molar-refractivity contribution in [2.75, 3.05) is 13.2 Å². The number of rotatable bonds is 5. The second-order valence-electron chi connectivity index (χ2n) is 4.40. The normalized spacial score (nSPS) is 17.8. The number of hydrogen-bond donors (Lipinski definition) is 0. The summed E-state index contributed by atoms with van der Waals surface area (Å²) in [5.74, 6) is 0.881. The van der Waals surface area contributed by atoms with Crippen LogP contribution in [0.25, 0.3) is 5.70 Å². The van der Waals surface area contributed by atoms with Crippen LogP contribution in [0.2, 0.25) is 0 Å². The first-order valence-electron chi connectivity index (χ1n) is 6.57. The average molecular weight is 424 g/mol. The molecule has 3 nitrogen and oxygen atoms in total. The van der Waals surface area contributed by atoms with Crippen LogP contribution in [0.15, 0.2) is 36.9 Å². The Bertz CT molecular complexity index is 528. The van der Waals surface area contributed by atoms with Gasteiger partial charge in [0, 0.05) is 39.3 Å². The van der Waals surface area contributed by atoms with Crippen molar-refractivity contribution in [3.8, 4) is 5.75 Å². The molecular weight excluding hydrogens is 407 g/mol. The predicted molar refractivity (Wildman–Crippen MR) is 83.5 cm³/mol. The largest absolute Gasteiger partial charge is 0.490 e. The van der Waals surface area contributed by atoms with Crippen LogP contribution in [0.4, 0.5) is 0 Å². The van der Waals surface area contributed by atoms with Crippen molar-refractivity contribution < 1.29 is 42.2 Å². The third kappa shape index (κ3) is 4.51. The van der Waals surface area contributed by atoms with Gasteiger partial charge < -0.3 is 9.64 Å². The number of benzene rings is 1. The molecule has 0 aromatic heterocycles. The minimum atomic E-state index is -0.165. The predicted octanol–water partition coefficient (Wildman–Crippen LogP) is 3.41. The summed E-state index contributed by atoms with van der Waals surface area (Å²) in [5, 5.41) is 0. The topological polar surface area (TPSA) is 29.5 Å². The summed E-state index contributed by atoms with van der Waals surface area (Å²) >= 11 is 3.38. The van der Waals surface area contributed by atoms with Crippen molar-refractivity contribution in [2.45, 2.75) is 18.2 Å². The van der Waals surface area contributed by atoms with E-state index < -0.39 is 0 Å². The van der Waals surface area contributed by atoms with Crippen molar-refractivity contribution >= 4 is 27.5 Å². The van der Waals surface area contributed by atoms with Gasteiger partial charge in [-0.1, -0.05) is 35.0 Å². The van der Waals surface area contributed by atoms with E-state index in [-0.39, 0.29) is 43.4 Å². The van der Waals surface area contributed by atoms with Crippen molar-refractivity contribution in [1.29, 1.82) is 0 Å². The first-order valence-corrected chi connectivity index (χ1v) is 7.49. The standard InChI is InChI=1S/C16H17BrNO2.Y/c1-3-11-20-13-7-5-12(6-8-13)15-10-9-14(17)16(19)18(15)4-2;/h3,5-8,14H,1,4,9,11H2,2H3;/q-1;. The minimum absolute atomic E-state index is 0. The second-order valence-corrected chi connectivity index (χ2v) is 5.51. The Morgan fingerprint density at radius 1 is 1.48 bits per heavy atom. The molecule has 1 radical (unpaired) electrons. The molecule has 0 saturated heterocycles. The number of halogens is 1. The maximum Gasteiger partial charge on any atom is 0.236 e. The Kier molecular flexibility index (Phi) is 7.85. The molecule has 5 heteroatoms. The third-order valence-electron chi connectivity index (χ3n) is 3.06. The van der Waals surface area contributed by atoms with E-state index in [0.717, 1.165) is 17.0 Å². The Morgan fingerprint density at radius 3 is 2.71 bits per heavy atom. The van der Waals surface area contributed by atoms with Crippen LogP contribution in [0.1, 0.15) is 18.9 Å². The van der Waals surface area contributed by atoms with Crippen LogP contribution < -0.4 is 4.74 Å². The first-order chi connectivity index (χ1) is 9.67. The summed E-state index contributed by atoms with van der Waals surface area (Å²) in [4.78, 5) is 13.7. The van der Waals surface area contributed by atoms with Crippen LogP contribution in [-0.2, 0) is 37.5 Å². The smallest absolute Gasteiger partial charge is 0.236 e. The van der Waals surface area contributed by atoms with Crippen molar-refractivity contribution in [3.05, 3.63) is 48.6 Å². The van der Waals surface area contributed by atoms with E-state index in [2.05, 4.69) is 28.6 Å². The summed E-state index contributed by atoms with van der Waals surface area (Å²) in [6, 6.07) is 7.69. The van der Waals surface area contributed by atoms with E-state index in [1.165, 1.54) is 0 Å². The molecule has 1 aliphatic rings. The van der Waals surface area contributed by atoms with Crippen LogP contribution in [0, 0.1) is 6.08 Å². The van der Waals surface area contributed by atoms with E-state index in [9.17, 15) is 4.79 Å². The third-order valence-corrected chi connectivity index (χ3v) is 3.78. The molecular formula is C16H17BrNO2Y-. The van der Waals surface area contributed by atoms with Gasteiger partial charge in [0.15, 0.2) is 0 Å². The molecule has 1 amide bonds. The van der Waals surface area contributed by atoms with Gasteiger partial charge in [-0.05, 0) is 19.1 Å². The van der Waals surface area contributed by atoms with Gasteiger partial charge in [0.1, 0.15) is 12.4 Å². The van der Waals surface area contributed by atoms with E-state index in [4.69, 9.17) is 4.74 Å². The van der Waals surface area contributed by atoms with Gasteiger partial charge >= 0.3 is 0 Å². The van der Waals surface area contributed by atoms with Crippen LogP contribution in [-0.4, -0.2) is 28.8 Å². The Balaban J connectivity index is 0.00000220. The maximum atomic E-state index is 12.1. The quantitative estimate of drug-likeness (QED) is 0.412. The molecule has 109 valence electrons. The van der Waals surface area contributed by atoms with E-state index >= 15 is 0 Å². The fourth-order valence-corrected chi connectivity index (χ4v) is 2.49. The van der Waals surface area contributed by atoms with Crippen molar-refractivity contribution in [1.82, 2.24) is 4.90 Å². The number of ether oxygens (including phenoxy) is 1. The van der Waals surface area contributed by atoms with Gasteiger partial charge in [0.25, 0.3) is 0 Å². The number of carbonyl (C=O) groups is 1. The zero-order chi connectivity index (χ0) is 14.5. The van der Waals surface area contributed by atoms with Crippen LogP contribution in [0.5, 0.6) is 5.75 Å². The number of nitrogens with zero attached hydrogens (tertiary/aromatic N) is 1. The summed E-state index contributed by atoms with van der Waals surface area (Å²) in [6.45, 7) is 6.70. The molecule has 0 aliphatic carbocycles. The summed E-state index contributed by atoms with van der Waals surface area (Å²) in [7, 11) is 0. The zero-order valence-corrected chi connectivity index (χ0v) is 16.4. The Morgan fingerprint density at radius 2 is 2.14 bits per heavy atom. The minimum Gasteiger partial charge on any atom is -0.490 e. The van der Waals surface area contributed by atoms with Crippen LogP contribution >= 0.6 is 15.9 Å². The molecule has 1 aromatic rings. The van der Waals surface area contributed by atoms with E-state index in [1.807, 2.05) is 31.2 Å². The molecule has 1 heterocycles. The molecule has 0 bridgehead atoms. The molecule has 2 rings (SSSR count). The summed E-state index contributed by atoms with van der Waals surface area (Å²) in [6.07, 6.45) is 5.60. The van der Waals surface area contributed by atoms with Crippen molar-refractivity contribution in [2.24, 2.45) is 0 Å². The van der Waals surface area contributed by atoms with Gasteiger partial charge in [-0.15, -0.1) is 17.8 Å². The molecule has 1 atom stereocenters. The fraction of sp³-hybridized carbons (Fsp3) is 0.312. The SMILES string of the molecule is C=CCOc1ccc(C2=[C-]CC(Br)C(=O)N2CC)cc1.[Y]. The van der Waals surface area contributed by atoms with Gasteiger partial charge in [-0.2, -0.15) is 5.56 Å². The molecule has 21 heavy (non-hydrogen) atoms. The summed E-state index contributed by atoms with van der Waals surface area (Å²) < 4.78 is 5.45. The zero-order valence-electron chi connectivity index (χ0n) is 12.0. The number of amides is 1.